The highest BCUT2D eigenvalue weighted by Crippen LogP contribution is 2.33. The van der Waals surface area contributed by atoms with Crippen molar-refractivity contribution in [1.82, 2.24) is 19.7 Å². The van der Waals surface area contributed by atoms with E-state index in [1.54, 1.807) is 12.1 Å². The van der Waals surface area contributed by atoms with Crippen LogP contribution < -0.4 is 0 Å². The van der Waals surface area contributed by atoms with Crippen LogP contribution in [0, 0.1) is 6.92 Å². The van der Waals surface area contributed by atoms with Gasteiger partial charge in [-0.15, -0.1) is 11.3 Å². The summed E-state index contributed by atoms with van der Waals surface area (Å²) in [4.78, 5) is 19.9. The smallest absolute Gasteiger partial charge is 0.433 e. The molecule has 0 saturated heterocycles. The van der Waals surface area contributed by atoms with E-state index >= 15 is 0 Å². The first-order valence-electron chi connectivity index (χ1n) is 6.56. The maximum absolute atomic E-state index is 13.1. The summed E-state index contributed by atoms with van der Waals surface area (Å²) in [6.07, 6.45) is -3.47. The number of aryl methyl sites for hydroxylation is 1. The predicted molar refractivity (Wildman–Crippen MR) is 79.2 cm³/mol. The van der Waals surface area contributed by atoms with Crippen LogP contribution in [-0.4, -0.2) is 30.8 Å². The summed E-state index contributed by atoms with van der Waals surface area (Å²) in [5, 5.41) is 12.5. The van der Waals surface area contributed by atoms with Gasteiger partial charge in [0.15, 0.2) is 11.4 Å². The number of hydrogen-bond donors (Lipinski definition) is 1. The molecule has 0 aliphatic heterocycles. The third-order valence-corrected chi connectivity index (χ3v) is 4.03. The molecular formula is C14H9F3N4O2S. The van der Waals surface area contributed by atoms with Crippen molar-refractivity contribution >= 4 is 17.3 Å². The molecule has 0 aliphatic carbocycles. The van der Waals surface area contributed by atoms with Crippen molar-refractivity contribution < 1.29 is 23.1 Å². The molecule has 6 nitrogen and oxygen atoms in total. The van der Waals surface area contributed by atoms with E-state index in [1.165, 1.54) is 17.5 Å². The Morgan fingerprint density at radius 1 is 1.25 bits per heavy atom. The molecule has 1 N–H and O–H groups in total. The lowest BCUT2D eigenvalue weighted by Gasteiger charge is -2.09. The molecule has 0 atom stereocenters. The highest BCUT2D eigenvalue weighted by Gasteiger charge is 2.34. The van der Waals surface area contributed by atoms with E-state index in [1.807, 2.05) is 6.92 Å². The quantitative estimate of drug-likeness (QED) is 0.779. The Hall–Kier alpha value is -2.75. The van der Waals surface area contributed by atoms with Crippen LogP contribution in [0.5, 0.6) is 0 Å². The zero-order valence-electron chi connectivity index (χ0n) is 12.1. The van der Waals surface area contributed by atoms with E-state index in [-0.39, 0.29) is 17.3 Å². The van der Waals surface area contributed by atoms with Crippen LogP contribution in [0.1, 0.15) is 21.1 Å². The molecule has 0 fully saturated rings. The Balaban J connectivity index is 2.16. The molecule has 0 spiro atoms. The minimum absolute atomic E-state index is 0.0952. The lowest BCUT2D eigenvalue weighted by atomic mass is 10.2. The second-order valence-electron chi connectivity index (χ2n) is 4.80. The second-order valence-corrected chi connectivity index (χ2v) is 6.09. The third kappa shape index (κ3) is 3.13. The molecule has 10 heteroatoms. The molecule has 3 rings (SSSR count). The number of carboxylic acids is 1. The average molecular weight is 354 g/mol. The summed E-state index contributed by atoms with van der Waals surface area (Å²) in [7, 11) is 0. The number of aromatic carboxylic acids is 1. The molecule has 124 valence electrons. The Labute approximate surface area is 137 Å². The van der Waals surface area contributed by atoms with E-state index < -0.39 is 17.8 Å². The molecule has 0 amide bonds. The lowest BCUT2D eigenvalue weighted by Crippen LogP contribution is -2.13. The normalized spacial score (nSPS) is 11.7. The monoisotopic (exact) mass is 354 g/mol. The van der Waals surface area contributed by atoms with E-state index in [9.17, 15) is 18.0 Å². The van der Waals surface area contributed by atoms with Crippen molar-refractivity contribution in [3.63, 3.8) is 0 Å². The average Bonchev–Trinajstić information content (AvgIpc) is 3.14. The number of halogens is 3. The van der Waals surface area contributed by atoms with Crippen molar-refractivity contribution in [3.8, 4) is 16.5 Å². The SMILES string of the molecule is Cc1ccc(-c2cc(C(F)(F)F)nc(-n3ccc(C(=O)O)n3)n2)s1. The Morgan fingerprint density at radius 3 is 2.54 bits per heavy atom. The summed E-state index contributed by atoms with van der Waals surface area (Å²) < 4.78 is 40.2. The van der Waals surface area contributed by atoms with Gasteiger partial charge in [-0.25, -0.2) is 19.4 Å². The van der Waals surface area contributed by atoms with Gasteiger partial charge in [-0.3, -0.25) is 0 Å². The van der Waals surface area contributed by atoms with Gasteiger partial charge in [0.05, 0.1) is 10.6 Å². The number of thiophene rings is 1. The van der Waals surface area contributed by atoms with Crippen LogP contribution in [0.4, 0.5) is 13.2 Å². The van der Waals surface area contributed by atoms with E-state index in [2.05, 4.69) is 15.1 Å². The van der Waals surface area contributed by atoms with Crippen LogP contribution in [0.3, 0.4) is 0 Å². The molecular weight excluding hydrogens is 345 g/mol. The summed E-state index contributed by atoms with van der Waals surface area (Å²) in [5.74, 6) is -1.65. The largest absolute Gasteiger partial charge is 0.476 e. The standard InChI is InChI=1S/C14H9F3N4O2S/c1-7-2-3-10(24-7)9-6-11(14(15,16)17)19-13(18-9)21-5-4-8(20-21)12(22)23/h2-6H,1H3,(H,22,23). The summed E-state index contributed by atoms with van der Waals surface area (Å²) >= 11 is 1.29. The molecule has 3 aromatic heterocycles. The van der Waals surface area contributed by atoms with Crippen molar-refractivity contribution in [1.29, 1.82) is 0 Å². The maximum atomic E-state index is 13.1. The van der Waals surface area contributed by atoms with Crippen LogP contribution in [-0.2, 0) is 6.18 Å². The van der Waals surface area contributed by atoms with Gasteiger partial charge in [-0.1, -0.05) is 0 Å². The number of alkyl halides is 3. The maximum Gasteiger partial charge on any atom is 0.433 e. The van der Waals surface area contributed by atoms with Crippen LogP contribution in [0.25, 0.3) is 16.5 Å². The molecule has 0 saturated carbocycles. The first kappa shape index (κ1) is 16.1. The summed E-state index contributed by atoms with van der Waals surface area (Å²) in [6, 6.07) is 5.45. The highest BCUT2D eigenvalue weighted by molar-refractivity contribution is 7.15. The molecule has 3 heterocycles. The fourth-order valence-electron chi connectivity index (χ4n) is 1.93. The fraction of sp³-hybridized carbons (Fsp3) is 0.143. The molecule has 0 radical (unpaired) electrons. The summed E-state index contributed by atoms with van der Waals surface area (Å²) in [6.45, 7) is 1.83. The van der Waals surface area contributed by atoms with E-state index in [4.69, 9.17) is 5.11 Å². The molecule has 0 unspecified atom stereocenters. The van der Waals surface area contributed by atoms with E-state index in [0.717, 1.165) is 21.7 Å². The summed E-state index contributed by atoms with van der Waals surface area (Å²) in [5.41, 5.74) is -1.34. The Bertz CT molecular complexity index is 917. The molecule has 0 aliphatic rings. The van der Waals surface area contributed by atoms with Crippen molar-refractivity contribution in [2.45, 2.75) is 13.1 Å². The molecule has 0 bridgehead atoms. The Kier molecular flexibility index (Phi) is 3.84. The number of hydrogen-bond acceptors (Lipinski definition) is 5. The van der Waals surface area contributed by atoms with Gasteiger partial charge in [0.25, 0.3) is 5.95 Å². The fourth-order valence-corrected chi connectivity index (χ4v) is 2.76. The minimum Gasteiger partial charge on any atom is -0.476 e. The molecule has 24 heavy (non-hydrogen) atoms. The van der Waals surface area contributed by atoms with Crippen molar-refractivity contribution in [2.24, 2.45) is 0 Å². The van der Waals surface area contributed by atoms with Crippen molar-refractivity contribution in [3.05, 3.63) is 46.7 Å². The predicted octanol–water partition coefficient (Wildman–Crippen LogP) is 3.42. The minimum atomic E-state index is -4.67. The van der Waals surface area contributed by atoms with Crippen LogP contribution in [0.2, 0.25) is 0 Å². The van der Waals surface area contributed by atoms with Crippen molar-refractivity contribution in [2.75, 3.05) is 0 Å². The number of aromatic nitrogens is 4. The van der Waals surface area contributed by atoms with Gasteiger partial charge in [0.1, 0.15) is 0 Å². The number of rotatable bonds is 3. The zero-order valence-corrected chi connectivity index (χ0v) is 12.9. The van der Waals surface area contributed by atoms with E-state index in [0.29, 0.717) is 4.88 Å². The van der Waals surface area contributed by atoms with Gasteiger partial charge < -0.3 is 5.11 Å². The highest BCUT2D eigenvalue weighted by atomic mass is 32.1. The van der Waals surface area contributed by atoms with Crippen LogP contribution in [0.15, 0.2) is 30.5 Å². The zero-order chi connectivity index (χ0) is 17.5. The third-order valence-electron chi connectivity index (χ3n) is 3.01. The lowest BCUT2D eigenvalue weighted by molar-refractivity contribution is -0.141. The molecule has 0 aromatic carbocycles. The first-order chi connectivity index (χ1) is 11.2. The number of carbonyl (C=O) groups is 1. The van der Waals surface area contributed by atoms with Gasteiger partial charge in [-0.05, 0) is 31.2 Å². The van der Waals surface area contributed by atoms with Crippen LogP contribution >= 0.6 is 11.3 Å². The van der Waals surface area contributed by atoms with Gasteiger partial charge >= 0.3 is 12.1 Å². The number of nitrogens with zero attached hydrogens (tertiary/aromatic N) is 4. The molecule has 3 aromatic rings. The van der Waals surface area contributed by atoms with Gasteiger partial charge in [0.2, 0.25) is 0 Å². The van der Waals surface area contributed by atoms with Gasteiger partial charge in [-0.2, -0.15) is 18.3 Å². The topological polar surface area (TPSA) is 80.9 Å². The first-order valence-corrected chi connectivity index (χ1v) is 7.38. The van der Waals surface area contributed by atoms with Gasteiger partial charge in [0, 0.05) is 11.1 Å². The second kappa shape index (κ2) is 5.71. The Morgan fingerprint density at radius 2 is 2.00 bits per heavy atom. The number of carboxylic acid groups (broad SMARTS) is 1.